The molecule has 26 heavy (non-hydrogen) atoms. The molecule has 1 amide bonds. The number of aromatic nitrogens is 2. The second-order valence-electron chi connectivity index (χ2n) is 6.07. The SMILES string of the molecule is Cn1ccnc1Sc1ccc(Cl)cc1NC(=O)CCOCC1CCCO1. The summed E-state index contributed by atoms with van der Waals surface area (Å²) in [4.78, 5) is 17.4. The number of nitrogens with zero attached hydrogens (tertiary/aromatic N) is 2. The number of benzene rings is 1. The van der Waals surface area contributed by atoms with Crippen LogP contribution in [0, 0.1) is 0 Å². The number of anilines is 1. The van der Waals surface area contributed by atoms with Crippen molar-refractivity contribution in [2.24, 2.45) is 7.05 Å². The van der Waals surface area contributed by atoms with E-state index in [9.17, 15) is 4.79 Å². The van der Waals surface area contributed by atoms with Crippen LogP contribution < -0.4 is 5.32 Å². The molecule has 0 aliphatic carbocycles. The standard InChI is InChI=1S/C18H22ClN3O3S/c1-22-8-7-20-18(22)26-16-5-4-13(19)11-15(16)21-17(23)6-10-24-12-14-3-2-9-25-14/h4-5,7-8,11,14H,2-3,6,9-10,12H2,1H3,(H,21,23). The summed E-state index contributed by atoms with van der Waals surface area (Å²) in [6.07, 6.45) is 6.18. The summed E-state index contributed by atoms with van der Waals surface area (Å²) in [5.74, 6) is -0.110. The molecule has 3 rings (SSSR count). The minimum Gasteiger partial charge on any atom is -0.378 e. The highest BCUT2D eigenvalue weighted by atomic mass is 35.5. The van der Waals surface area contributed by atoms with E-state index in [1.54, 1.807) is 18.3 Å². The van der Waals surface area contributed by atoms with Crippen LogP contribution >= 0.6 is 23.4 Å². The number of amides is 1. The molecule has 1 aromatic heterocycles. The number of carbonyl (C=O) groups is 1. The summed E-state index contributed by atoms with van der Waals surface area (Å²) in [6.45, 7) is 1.72. The average Bonchev–Trinajstić information content (AvgIpc) is 3.26. The van der Waals surface area contributed by atoms with Crippen molar-refractivity contribution in [3.05, 3.63) is 35.6 Å². The van der Waals surface area contributed by atoms with Crippen molar-refractivity contribution in [1.82, 2.24) is 9.55 Å². The molecule has 1 aromatic carbocycles. The molecule has 1 atom stereocenters. The van der Waals surface area contributed by atoms with E-state index in [1.807, 2.05) is 23.9 Å². The van der Waals surface area contributed by atoms with Gasteiger partial charge in [-0.1, -0.05) is 11.6 Å². The Morgan fingerprint density at radius 2 is 2.42 bits per heavy atom. The van der Waals surface area contributed by atoms with E-state index in [1.165, 1.54) is 11.8 Å². The third-order valence-electron chi connectivity index (χ3n) is 4.00. The summed E-state index contributed by atoms with van der Waals surface area (Å²) in [6, 6.07) is 5.43. The van der Waals surface area contributed by atoms with E-state index >= 15 is 0 Å². The van der Waals surface area contributed by atoms with E-state index in [0.29, 0.717) is 23.9 Å². The fourth-order valence-corrected chi connectivity index (χ4v) is 3.65. The lowest BCUT2D eigenvalue weighted by Gasteiger charge is -2.12. The zero-order valence-electron chi connectivity index (χ0n) is 14.6. The molecular formula is C18H22ClN3O3S. The second kappa shape index (κ2) is 9.41. The quantitative estimate of drug-likeness (QED) is 0.689. The van der Waals surface area contributed by atoms with E-state index in [4.69, 9.17) is 21.1 Å². The number of rotatable bonds is 8. The van der Waals surface area contributed by atoms with Crippen molar-refractivity contribution in [3.8, 4) is 0 Å². The number of nitrogens with one attached hydrogen (secondary N) is 1. The fourth-order valence-electron chi connectivity index (χ4n) is 2.61. The molecule has 0 bridgehead atoms. The maximum absolute atomic E-state index is 12.2. The first kappa shape index (κ1) is 19.2. The van der Waals surface area contributed by atoms with Gasteiger partial charge in [-0.2, -0.15) is 0 Å². The van der Waals surface area contributed by atoms with Crippen LogP contribution in [0.25, 0.3) is 0 Å². The Hall–Kier alpha value is -1.54. The molecule has 6 nitrogen and oxygen atoms in total. The topological polar surface area (TPSA) is 65.4 Å². The maximum atomic E-state index is 12.2. The van der Waals surface area contributed by atoms with Gasteiger partial charge in [0, 0.05) is 36.0 Å². The van der Waals surface area contributed by atoms with E-state index in [-0.39, 0.29) is 18.4 Å². The van der Waals surface area contributed by atoms with Crippen molar-refractivity contribution in [2.45, 2.75) is 35.4 Å². The third kappa shape index (κ3) is 5.48. The lowest BCUT2D eigenvalue weighted by molar-refractivity contribution is -0.117. The number of halogens is 1. The van der Waals surface area contributed by atoms with Crippen LogP contribution in [-0.4, -0.2) is 41.4 Å². The lowest BCUT2D eigenvalue weighted by atomic mass is 10.2. The summed E-state index contributed by atoms with van der Waals surface area (Å²) in [7, 11) is 1.93. The van der Waals surface area contributed by atoms with Crippen molar-refractivity contribution >= 4 is 35.0 Å². The molecule has 0 saturated carbocycles. The molecule has 140 valence electrons. The lowest BCUT2D eigenvalue weighted by Crippen LogP contribution is -2.18. The maximum Gasteiger partial charge on any atom is 0.226 e. The van der Waals surface area contributed by atoms with Gasteiger partial charge in [0.05, 0.1) is 31.4 Å². The number of aryl methyl sites for hydroxylation is 1. The van der Waals surface area contributed by atoms with Gasteiger partial charge >= 0.3 is 0 Å². The predicted molar refractivity (Wildman–Crippen MR) is 102 cm³/mol. The van der Waals surface area contributed by atoms with Gasteiger partial charge in [0.1, 0.15) is 0 Å². The highest BCUT2D eigenvalue weighted by Gasteiger charge is 2.16. The minimum absolute atomic E-state index is 0.110. The van der Waals surface area contributed by atoms with Crippen LogP contribution in [0.4, 0.5) is 5.69 Å². The number of ether oxygens (including phenoxy) is 2. The zero-order chi connectivity index (χ0) is 18.4. The van der Waals surface area contributed by atoms with Crippen molar-refractivity contribution in [1.29, 1.82) is 0 Å². The van der Waals surface area contributed by atoms with Crippen LogP contribution in [-0.2, 0) is 21.3 Å². The van der Waals surface area contributed by atoms with Crippen LogP contribution in [0.1, 0.15) is 19.3 Å². The third-order valence-corrected chi connectivity index (χ3v) is 5.38. The number of hydrogen-bond donors (Lipinski definition) is 1. The summed E-state index contributed by atoms with van der Waals surface area (Å²) in [5, 5.41) is 4.32. The molecule has 2 aromatic rings. The second-order valence-corrected chi connectivity index (χ2v) is 7.52. The largest absolute Gasteiger partial charge is 0.378 e. The molecule has 0 spiro atoms. The first-order valence-corrected chi connectivity index (χ1v) is 9.75. The Bertz CT molecular complexity index is 747. The monoisotopic (exact) mass is 395 g/mol. The first-order valence-electron chi connectivity index (χ1n) is 8.56. The molecule has 0 radical (unpaired) electrons. The summed E-state index contributed by atoms with van der Waals surface area (Å²) < 4.78 is 13.0. The van der Waals surface area contributed by atoms with Crippen molar-refractivity contribution in [2.75, 3.05) is 25.1 Å². The van der Waals surface area contributed by atoms with Crippen LogP contribution in [0.3, 0.4) is 0 Å². The first-order chi connectivity index (χ1) is 12.6. The summed E-state index contributed by atoms with van der Waals surface area (Å²) in [5.41, 5.74) is 0.676. The Kier molecular flexibility index (Phi) is 6.96. The average molecular weight is 396 g/mol. The molecule has 1 N–H and O–H groups in total. The number of carbonyl (C=O) groups excluding carboxylic acids is 1. The van der Waals surface area contributed by atoms with Gasteiger partial charge in [0.2, 0.25) is 5.91 Å². The molecular weight excluding hydrogens is 374 g/mol. The Balaban J connectivity index is 1.53. The predicted octanol–water partition coefficient (Wildman–Crippen LogP) is 3.75. The minimum atomic E-state index is -0.110. The molecule has 8 heteroatoms. The molecule has 1 fully saturated rings. The van der Waals surface area contributed by atoms with Gasteiger partial charge in [-0.25, -0.2) is 4.98 Å². The smallest absolute Gasteiger partial charge is 0.226 e. The van der Waals surface area contributed by atoms with Gasteiger partial charge in [0.25, 0.3) is 0 Å². The molecule has 1 unspecified atom stereocenters. The zero-order valence-corrected chi connectivity index (χ0v) is 16.2. The van der Waals surface area contributed by atoms with E-state index in [0.717, 1.165) is 29.5 Å². The van der Waals surface area contributed by atoms with Gasteiger partial charge in [-0.3, -0.25) is 4.79 Å². The van der Waals surface area contributed by atoms with Crippen LogP contribution in [0.5, 0.6) is 0 Å². The van der Waals surface area contributed by atoms with Gasteiger partial charge in [-0.15, -0.1) is 0 Å². The molecule has 1 aliphatic rings. The van der Waals surface area contributed by atoms with Crippen LogP contribution in [0.2, 0.25) is 5.02 Å². The molecule has 1 saturated heterocycles. The highest BCUT2D eigenvalue weighted by Crippen LogP contribution is 2.34. The molecule has 2 heterocycles. The Labute approximate surface area is 162 Å². The fraction of sp³-hybridized carbons (Fsp3) is 0.444. The van der Waals surface area contributed by atoms with Gasteiger partial charge < -0.3 is 19.4 Å². The Morgan fingerprint density at radius 3 is 3.15 bits per heavy atom. The van der Waals surface area contributed by atoms with Gasteiger partial charge in [0.15, 0.2) is 5.16 Å². The molecule has 1 aliphatic heterocycles. The highest BCUT2D eigenvalue weighted by molar-refractivity contribution is 7.99. The number of hydrogen-bond acceptors (Lipinski definition) is 5. The summed E-state index contributed by atoms with van der Waals surface area (Å²) >= 11 is 7.57. The van der Waals surface area contributed by atoms with Crippen molar-refractivity contribution in [3.63, 3.8) is 0 Å². The number of imidazole rings is 1. The van der Waals surface area contributed by atoms with E-state index in [2.05, 4.69) is 10.3 Å². The normalized spacial score (nSPS) is 16.8. The van der Waals surface area contributed by atoms with Gasteiger partial charge in [-0.05, 0) is 42.8 Å². The Morgan fingerprint density at radius 1 is 1.54 bits per heavy atom. The van der Waals surface area contributed by atoms with Crippen molar-refractivity contribution < 1.29 is 14.3 Å². The van der Waals surface area contributed by atoms with E-state index < -0.39 is 0 Å². The van der Waals surface area contributed by atoms with Crippen LogP contribution in [0.15, 0.2) is 40.6 Å².